The van der Waals surface area contributed by atoms with Crippen molar-refractivity contribution in [3.05, 3.63) is 10.9 Å². The second-order valence-corrected chi connectivity index (χ2v) is 9.50. The molecule has 2 heterocycles. The Morgan fingerprint density at radius 1 is 1.35 bits per heavy atom. The van der Waals surface area contributed by atoms with Gasteiger partial charge < -0.3 is 19.2 Å². The minimum absolute atomic E-state index is 0.0698. The van der Waals surface area contributed by atoms with Crippen LogP contribution in [0.25, 0.3) is 0 Å². The summed E-state index contributed by atoms with van der Waals surface area (Å²) < 4.78 is 17.6. The minimum Gasteiger partial charge on any atom is -0.585 e. The van der Waals surface area contributed by atoms with E-state index in [-0.39, 0.29) is 6.29 Å². The van der Waals surface area contributed by atoms with Gasteiger partial charge in [-0.1, -0.05) is 6.92 Å². The molecule has 1 N–H and O–H groups in total. The zero-order chi connectivity index (χ0) is 16.7. The molecule has 6 heteroatoms. The van der Waals surface area contributed by atoms with Gasteiger partial charge in [0.05, 0.1) is 18.8 Å². The van der Waals surface area contributed by atoms with Crippen LogP contribution in [0.2, 0.25) is 0 Å². The van der Waals surface area contributed by atoms with E-state index in [1.54, 1.807) is 0 Å². The summed E-state index contributed by atoms with van der Waals surface area (Å²) in [7, 11) is -0.694. The van der Waals surface area contributed by atoms with Crippen molar-refractivity contribution in [2.45, 2.75) is 58.0 Å². The maximum Gasteiger partial charge on any atom is 0.164 e. The summed E-state index contributed by atoms with van der Waals surface area (Å²) in [5, 5.41) is 10.6. The second kappa shape index (κ2) is 6.72. The van der Waals surface area contributed by atoms with Gasteiger partial charge in [-0.05, 0) is 45.4 Å². The van der Waals surface area contributed by atoms with E-state index in [9.17, 15) is 5.11 Å². The van der Waals surface area contributed by atoms with Crippen molar-refractivity contribution < 1.29 is 19.2 Å². The van der Waals surface area contributed by atoms with Gasteiger partial charge >= 0.3 is 0 Å². The van der Waals surface area contributed by atoms with Crippen LogP contribution in [0.5, 0.6) is 0 Å². The highest BCUT2D eigenvalue weighted by molar-refractivity contribution is 8.04. The van der Waals surface area contributed by atoms with Crippen molar-refractivity contribution in [2.24, 2.45) is 17.8 Å². The van der Waals surface area contributed by atoms with E-state index in [0.29, 0.717) is 25.0 Å². The van der Waals surface area contributed by atoms with Crippen molar-refractivity contribution >= 4 is 19.2 Å². The summed E-state index contributed by atoms with van der Waals surface area (Å²) in [6, 6.07) is 0. The van der Waals surface area contributed by atoms with E-state index >= 15 is 0 Å². The van der Waals surface area contributed by atoms with Crippen molar-refractivity contribution in [1.29, 1.82) is 0 Å². The predicted octanol–water partition coefficient (Wildman–Crippen LogP) is 2.24. The second-order valence-electron chi connectivity index (χ2n) is 8.24. The lowest BCUT2D eigenvalue weighted by Crippen LogP contribution is -2.51. The summed E-state index contributed by atoms with van der Waals surface area (Å²) in [4.78, 5) is 1.36. The summed E-state index contributed by atoms with van der Waals surface area (Å²) in [6.45, 7) is 9.54. The van der Waals surface area contributed by atoms with E-state index in [1.807, 2.05) is 25.6 Å². The molecule has 1 aliphatic carbocycles. The topological polar surface area (TPSA) is 47.9 Å². The lowest BCUT2D eigenvalue weighted by molar-refractivity contribution is -0.109. The minimum atomic E-state index is -0.820. The largest absolute Gasteiger partial charge is 0.585 e. The number of hydrogen-bond acceptors (Lipinski definition) is 5. The first-order valence-electron chi connectivity index (χ1n) is 8.98. The molecule has 4 nitrogen and oxygen atoms in total. The Kier molecular flexibility index (Phi) is 5.20. The van der Waals surface area contributed by atoms with Crippen LogP contribution in [0.15, 0.2) is 10.9 Å². The first-order valence-corrected chi connectivity index (χ1v) is 9.97. The van der Waals surface area contributed by atoms with E-state index in [1.165, 1.54) is 11.2 Å². The summed E-state index contributed by atoms with van der Waals surface area (Å²) in [5.74, 6) is 2.85. The van der Waals surface area contributed by atoms with Gasteiger partial charge in [-0.2, -0.15) is 16.6 Å². The maximum atomic E-state index is 10.6. The Labute approximate surface area is 144 Å². The average Bonchev–Trinajstić information content (AvgIpc) is 2.94. The summed E-state index contributed by atoms with van der Waals surface area (Å²) in [6.07, 6.45) is 4.44. The lowest BCUT2D eigenvalue weighted by Gasteiger charge is -2.45. The van der Waals surface area contributed by atoms with E-state index in [4.69, 9.17) is 14.1 Å². The van der Waals surface area contributed by atoms with Crippen LogP contribution in [0.1, 0.15) is 40.5 Å². The Morgan fingerprint density at radius 3 is 2.57 bits per heavy atom. The van der Waals surface area contributed by atoms with Gasteiger partial charge in [0.2, 0.25) is 0 Å². The fourth-order valence-electron chi connectivity index (χ4n) is 3.63. The van der Waals surface area contributed by atoms with Gasteiger partial charge in [0.1, 0.15) is 7.48 Å². The average molecular weight is 341 g/mol. The highest BCUT2D eigenvalue weighted by Crippen LogP contribution is 2.47. The SMILES string of the molecule is CC1C[C@H]1CC(C)(O[BH2-]C1=CC(C2OCCO2)CS1)C(C)(C)O. The van der Waals surface area contributed by atoms with Crippen LogP contribution >= 0.6 is 11.8 Å². The molecule has 1 saturated carbocycles. The molecule has 0 amide bonds. The Hall–Kier alpha value is -0.00506. The van der Waals surface area contributed by atoms with Crippen molar-refractivity contribution in [3.63, 3.8) is 0 Å². The molecule has 0 bridgehead atoms. The maximum absolute atomic E-state index is 10.6. The molecule has 3 aliphatic rings. The van der Waals surface area contributed by atoms with Crippen molar-refractivity contribution in [1.82, 2.24) is 0 Å². The molecule has 0 aromatic rings. The molecule has 3 rings (SSSR count). The number of ether oxygens (including phenoxy) is 2. The van der Waals surface area contributed by atoms with Crippen LogP contribution in [0.3, 0.4) is 0 Å². The molecule has 2 fully saturated rings. The third-order valence-corrected chi connectivity index (χ3v) is 7.23. The predicted molar refractivity (Wildman–Crippen MR) is 95.9 cm³/mol. The highest BCUT2D eigenvalue weighted by atomic mass is 32.2. The van der Waals surface area contributed by atoms with E-state index in [2.05, 4.69) is 19.9 Å². The fourth-order valence-corrected chi connectivity index (χ4v) is 4.81. The van der Waals surface area contributed by atoms with Crippen LogP contribution in [-0.2, 0) is 14.1 Å². The zero-order valence-corrected chi connectivity index (χ0v) is 15.8. The standard InChI is InChI=1S/C17H30BO4S/c1-11-7-12(11)9-17(4,16(2,3)19)22-18-14-8-13(10-23-14)15-20-5-6-21-15/h8,11-13,15,19H,5-7,9-10,18H2,1-4H3/q-1/t11?,12-,13?,17?/m0/s1. The van der Waals surface area contributed by atoms with E-state index < -0.39 is 18.7 Å². The summed E-state index contributed by atoms with van der Waals surface area (Å²) >= 11 is 1.87. The molecule has 132 valence electrons. The van der Waals surface area contributed by atoms with Crippen LogP contribution in [0.4, 0.5) is 0 Å². The molecule has 0 spiro atoms. The highest BCUT2D eigenvalue weighted by Gasteiger charge is 2.45. The molecule has 0 radical (unpaired) electrons. The lowest BCUT2D eigenvalue weighted by atomic mass is 9.80. The number of hydrogen-bond donors (Lipinski definition) is 1. The van der Waals surface area contributed by atoms with Crippen molar-refractivity contribution in [2.75, 3.05) is 19.0 Å². The fraction of sp³-hybridized carbons (Fsp3) is 0.882. The van der Waals surface area contributed by atoms with Crippen LogP contribution < -0.4 is 0 Å². The molecule has 0 aromatic carbocycles. The Balaban J connectivity index is 1.57. The molecule has 4 atom stereocenters. The molecule has 3 unspecified atom stereocenters. The number of thioether (sulfide) groups is 1. The quantitative estimate of drug-likeness (QED) is 0.720. The third-order valence-electron chi connectivity index (χ3n) is 5.93. The molecule has 1 saturated heterocycles. The van der Waals surface area contributed by atoms with Gasteiger partial charge in [0, 0.05) is 17.3 Å². The van der Waals surface area contributed by atoms with E-state index in [0.717, 1.165) is 18.1 Å². The van der Waals surface area contributed by atoms with Gasteiger partial charge in [-0.3, -0.25) is 0 Å². The smallest absolute Gasteiger partial charge is 0.164 e. The first-order chi connectivity index (χ1) is 10.8. The molecule has 2 aliphatic heterocycles. The normalized spacial score (nSPS) is 34.5. The Morgan fingerprint density at radius 2 is 2.00 bits per heavy atom. The molecular weight excluding hydrogens is 311 g/mol. The third kappa shape index (κ3) is 4.16. The summed E-state index contributed by atoms with van der Waals surface area (Å²) in [5.41, 5.74) is -1.28. The monoisotopic (exact) mass is 341 g/mol. The van der Waals surface area contributed by atoms with Crippen LogP contribution in [-0.4, -0.2) is 49.0 Å². The zero-order valence-electron chi connectivity index (χ0n) is 15.0. The number of aliphatic hydroxyl groups is 1. The molecule has 23 heavy (non-hydrogen) atoms. The number of rotatable bonds is 7. The van der Waals surface area contributed by atoms with Gasteiger partial charge in [-0.15, -0.1) is 6.08 Å². The van der Waals surface area contributed by atoms with Gasteiger partial charge in [0.25, 0.3) is 0 Å². The first kappa shape index (κ1) is 17.8. The van der Waals surface area contributed by atoms with Crippen molar-refractivity contribution in [3.8, 4) is 0 Å². The van der Waals surface area contributed by atoms with Gasteiger partial charge in [-0.25, -0.2) is 0 Å². The Bertz CT molecular complexity index is 458. The van der Waals surface area contributed by atoms with Gasteiger partial charge in [0.15, 0.2) is 6.29 Å². The molecule has 0 aromatic heterocycles. The molecular formula is C17H30BO4S-. The van der Waals surface area contributed by atoms with Crippen LogP contribution in [0, 0.1) is 17.8 Å².